The number of ether oxygens (including phenoxy) is 3. The summed E-state index contributed by atoms with van der Waals surface area (Å²) in [5, 5.41) is 10.4. The van der Waals surface area contributed by atoms with Crippen LogP contribution in [0.2, 0.25) is 5.02 Å². The lowest BCUT2D eigenvalue weighted by molar-refractivity contribution is 0.00706. The van der Waals surface area contributed by atoms with Crippen molar-refractivity contribution in [2.45, 2.75) is 24.4 Å². The standard InChI is InChI=1S/C24H20ClN3O4/c25-16-10-17-23(28-24(26-17)32-19-12-31-21-18(29)11-30-22(19)21)27-20(16)15-8-6-14(7-9-15)13-4-2-1-3-5-13/h1-10,18-19,21-22,29H,11-12H2,(H,26,27,28)/t18-,19+,21+,22+/m1/s1. The zero-order valence-electron chi connectivity index (χ0n) is 16.9. The predicted octanol–water partition coefficient (Wildman–Crippen LogP) is 3.85. The fourth-order valence-electron chi connectivity index (χ4n) is 4.29. The van der Waals surface area contributed by atoms with Crippen molar-refractivity contribution < 1.29 is 19.3 Å². The first-order valence-corrected chi connectivity index (χ1v) is 10.8. The number of aliphatic hydroxyl groups excluding tert-OH is 1. The van der Waals surface area contributed by atoms with Gasteiger partial charge in [-0.25, -0.2) is 4.98 Å². The first-order valence-electron chi connectivity index (χ1n) is 10.5. The van der Waals surface area contributed by atoms with Gasteiger partial charge in [0.05, 0.1) is 29.4 Å². The Labute approximate surface area is 188 Å². The van der Waals surface area contributed by atoms with Gasteiger partial charge in [-0.2, -0.15) is 4.98 Å². The largest absolute Gasteiger partial charge is 0.456 e. The van der Waals surface area contributed by atoms with Crippen LogP contribution in [0.25, 0.3) is 33.5 Å². The summed E-state index contributed by atoms with van der Waals surface area (Å²) in [5.74, 6) is 0. The quantitative estimate of drug-likeness (QED) is 0.492. The third-order valence-electron chi connectivity index (χ3n) is 5.92. The summed E-state index contributed by atoms with van der Waals surface area (Å²) < 4.78 is 17.2. The zero-order chi connectivity index (χ0) is 21.7. The fraction of sp³-hybridized carbons (Fsp3) is 0.250. The van der Waals surface area contributed by atoms with Gasteiger partial charge in [0.2, 0.25) is 0 Å². The summed E-state index contributed by atoms with van der Waals surface area (Å²) in [6.45, 7) is 0.579. The van der Waals surface area contributed by atoms with Gasteiger partial charge in [0.15, 0.2) is 11.8 Å². The van der Waals surface area contributed by atoms with Crippen LogP contribution in [0.1, 0.15) is 0 Å². The lowest BCUT2D eigenvalue weighted by atomic mass is 10.0. The number of rotatable bonds is 4. The first-order chi connectivity index (χ1) is 15.7. The second-order valence-electron chi connectivity index (χ2n) is 7.99. The molecule has 0 amide bonds. The highest BCUT2D eigenvalue weighted by Crippen LogP contribution is 2.33. The van der Waals surface area contributed by atoms with Gasteiger partial charge in [0.1, 0.15) is 18.3 Å². The third-order valence-corrected chi connectivity index (χ3v) is 6.20. The SMILES string of the molecule is O[C@@H]1CO[C@@H]2[C@H]1OC[C@@H]2Oc1nc2nc(-c3ccc(-c4ccccc4)cc3)c(Cl)cc2[nH]1. The van der Waals surface area contributed by atoms with E-state index in [1.165, 1.54) is 0 Å². The number of H-pyrrole nitrogens is 1. The van der Waals surface area contributed by atoms with Crippen LogP contribution < -0.4 is 4.74 Å². The molecule has 2 fully saturated rings. The smallest absolute Gasteiger partial charge is 0.296 e. The fourth-order valence-corrected chi connectivity index (χ4v) is 4.55. The van der Waals surface area contributed by atoms with Gasteiger partial charge >= 0.3 is 0 Å². The molecule has 32 heavy (non-hydrogen) atoms. The van der Waals surface area contributed by atoms with Gasteiger partial charge in [-0.05, 0) is 17.2 Å². The van der Waals surface area contributed by atoms with Crippen molar-refractivity contribution in [1.29, 1.82) is 0 Å². The van der Waals surface area contributed by atoms with Crippen LogP contribution in [-0.2, 0) is 9.47 Å². The lowest BCUT2D eigenvalue weighted by Gasteiger charge is -2.15. The second-order valence-corrected chi connectivity index (χ2v) is 8.40. The van der Waals surface area contributed by atoms with Gasteiger partial charge in [-0.15, -0.1) is 0 Å². The highest BCUT2D eigenvalue weighted by Gasteiger charge is 2.48. The highest BCUT2D eigenvalue weighted by molar-refractivity contribution is 6.33. The number of imidazole rings is 1. The van der Waals surface area contributed by atoms with E-state index in [0.717, 1.165) is 16.7 Å². The van der Waals surface area contributed by atoms with E-state index in [-0.39, 0.29) is 24.9 Å². The third kappa shape index (κ3) is 3.43. The van der Waals surface area contributed by atoms with Crippen molar-refractivity contribution in [2.75, 3.05) is 13.2 Å². The molecule has 0 unspecified atom stereocenters. The van der Waals surface area contributed by atoms with E-state index in [9.17, 15) is 5.11 Å². The molecule has 2 aromatic carbocycles. The number of aliphatic hydroxyl groups is 1. The molecule has 6 rings (SSSR count). The van der Waals surface area contributed by atoms with Crippen LogP contribution in [0.3, 0.4) is 0 Å². The molecular formula is C24H20ClN3O4. The van der Waals surface area contributed by atoms with E-state index >= 15 is 0 Å². The molecule has 4 heterocycles. The summed E-state index contributed by atoms with van der Waals surface area (Å²) in [5.41, 5.74) is 5.02. The van der Waals surface area contributed by atoms with Crippen LogP contribution in [0.4, 0.5) is 0 Å². The maximum absolute atomic E-state index is 9.90. The van der Waals surface area contributed by atoms with E-state index in [1.54, 1.807) is 6.07 Å². The minimum Gasteiger partial charge on any atom is -0.456 e. The van der Waals surface area contributed by atoms with Crippen molar-refractivity contribution >= 4 is 22.8 Å². The van der Waals surface area contributed by atoms with Gasteiger partial charge in [-0.3, -0.25) is 0 Å². The summed E-state index contributed by atoms with van der Waals surface area (Å²) in [7, 11) is 0. The summed E-state index contributed by atoms with van der Waals surface area (Å²) >= 11 is 6.54. The van der Waals surface area contributed by atoms with Crippen LogP contribution in [0, 0.1) is 0 Å². The number of aromatic amines is 1. The minimum atomic E-state index is -0.624. The Bertz CT molecular complexity index is 1260. The Kier molecular flexibility index (Phi) is 4.84. The Hall–Kier alpha value is -2.97. The van der Waals surface area contributed by atoms with Crippen molar-refractivity contribution in [3.05, 3.63) is 65.7 Å². The van der Waals surface area contributed by atoms with Crippen LogP contribution in [0.15, 0.2) is 60.7 Å². The maximum atomic E-state index is 9.90. The molecule has 2 aliphatic heterocycles. The van der Waals surface area contributed by atoms with Crippen molar-refractivity contribution in [3.8, 4) is 28.4 Å². The summed E-state index contributed by atoms with van der Waals surface area (Å²) in [6, 6.07) is 20.4. The second kappa shape index (κ2) is 7.86. The Morgan fingerprint density at radius 1 is 0.906 bits per heavy atom. The number of aromatic nitrogens is 3. The molecule has 2 aliphatic rings. The number of benzene rings is 2. The molecule has 2 N–H and O–H groups in total. The van der Waals surface area contributed by atoms with Crippen molar-refractivity contribution in [1.82, 2.24) is 15.0 Å². The van der Waals surface area contributed by atoms with E-state index in [1.807, 2.05) is 30.3 Å². The van der Waals surface area contributed by atoms with E-state index in [0.29, 0.717) is 34.5 Å². The highest BCUT2D eigenvalue weighted by atomic mass is 35.5. The van der Waals surface area contributed by atoms with Gasteiger partial charge in [0, 0.05) is 5.56 Å². The predicted molar refractivity (Wildman–Crippen MR) is 120 cm³/mol. The monoisotopic (exact) mass is 449 g/mol. The average Bonchev–Trinajstić information content (AvgIpc) is 3.51. The van der Waals surface area contributed by atoms with Crippen molar-refractivity contribution in [3.63, 3.8) is 0 Å². The van der Waals surface area contributed by atoms with Crippen LogP contribution in [-0.4, -0.2) is 57.7 Å². The molecule has 0 radical (unpaired) electrons. The Balaban J connectivity index is 1.26. The topological polar surface area (TPSA) is 89.5 Å². The molecule has 7 nitrogen and oxygen atoms in total. The summed E-state index contributed by atoms with van der Waals surface area (Å²) in [4.78, 5) is 12.3. The number of fused-ring (bicyclic) bond motifs is 2. The molecule has 4 atom stereocenters. The van der Waals surface area contributed by atoms with Crippen LogP contribution >= 0.6 is 11.6 Å². The van der Waals surface area contributed by atoms with Gasteiger partial charge in [0.25, 0.3) is 6.01 Å². The van der Waals surface area contributed by atoms with Crippen LogP contribution in [0.5, 0.6) is 6.01 Å². The molecule has 0 saturated carbocycles. The molecule has 8 heteroatoms. The number of hydrogen-bond donors (Lipinski definition) is 2. The number of nitrogens with one attached hydrogen (secondary N) is 1. The minimum absolute atomic E-state index is 0.249. The van der Waals surface area contributed by atoms with Crippen molar-refractivity contribution in [2.24, 2.45) is 0 Å². The molecule has 0 aliphatic carbocycles. The zero-order valence-corrected chi connectivity index (χ0v) is 17.7. The van der Waals surface area contributed by atoms with Gasteiger partial charge < -0.3 is 24.3 Å². The van der Waals surface area contributed by atoms with E-state index in [2.05, 4.69) is 39.2 Å². The number of hydrogen-bond acceptors (Lipinski definition) is 6. The molecule has 2 aromatic heterocycles. The van der Waals surface area contributed by atoms with E-state index in [4.69, 9.17) is 25.8 Å². The molecule has 4 aromatic rings. The molecular weight excluding hydrogens is 430 g/mol. The number of halogens is 1. The molecule has 2 saturated heterocycles. The number of pyridine rings is 1. The maximum Gasteiger partial charge on any atom is 0.296 e. The molecule has 0 bridgehead atoms. The summed E-state index contributed by atoms with van der Waals surface area (Å²) in [6.07, 6.45) is -1.64. The lowest BCUT2D eigenvalue weighted by Crippen LogP contribution is -2.34. The molecule has 162 valence electrons. The van der Waals surface area contributed by atoms with Gasteiger partial charge in [-0.1, -0.05) is 66.2 Å². The average molecular weight is 450 g/mol. The van der Waals surface area contributed by atoms with E-state index < -0.39 is 6.10 Å². The normalized spacial score (nSPS) is 24.7. The Morgan fingerprint density at radius 3 is 2.44 bits per heavy atom. The number of nitrogens with zero attached hydrogens (tertiary/aromatic N) is 2. The molecule has 0 spiro atoms. The first kappa shape index (κ1) is 19.7. The Morgan fingerprint density at radius 2 is 1.62 bits per heavy atom.